The topological polar surface area (TPSA) is 104 Å². The first-order valence-electron chi connectivity index (χ1n) is 50.2. The standard InChI is InChI=1S/2C46H26N2OS.C46H28N2S/c1-2-10-29-24-32(17-16-27(29)8-1)43-37-21-23-41-42(36-20-18-28-9-3-4-13-34(28)45(36)50-41)44(37)48-46(47-43)33-12-7-11-30(25-33)31-19-22-40-38(26-31)35-14-5-6-15-39(35)49-40;1-2-9-31-25-33(18-15-27(31)7-1)43-37-22-23-39-42(36-21-19-29-8-3-4-10-34(29)45(36)49-39)44(37)48-46(47-43)30-16-13-28(14-17-30)32-20-24-41-38(26-32)35-11-5-6-12-40(35)50-41;1-2-10-29(11-3-1)30-20-22-31(23-21-30)34-15-8-16-35(28-34)46-47-43(38-19-9-14-32-12-4-6-17-36(32)38)40-26-27-41-42(44(40)48-46)39-25-24-33-13-5-7-18-37(33)45(39)49-41/h2*1-26H;1-28H. The maximum Gasteiger partial charge on any atom is 0.160 e. The largest absolute Gasteiger partial charge is 0.456 e. The summed E-state index contributed by atoms with van der Waals surface area (Å²) in [6.07, 6.45) is 0. The molecule has 0 bridgehead atoms. The summed E-state index contributed by atoms with van der Waals surface area (Å²) in [6.45, 7) is 0. The van der Waals surface area contributed by atoms with Crippen molar-refractivity contribution in [3.05, 3.63) is 485 Å². The van der Waals surface area contributed by atoms with Crippen LogP contribution in [0, 0.1) is 0 Å². The van der Waals surface area contributed by atoms with Crippen molar-refractivity contribution in [1.82, 2.24) is 29.9 Å². The molecule has 0 unspecified atom stereocenters. The third-order valence-electron chi connectivity index (χ3n) is 29.8. The van der Waals surface area contributed by atoms with Crippen LogP contribution in [0.5, 0.6) is 0 Å². The lowest BCUT2D eigenvalue weighted by Crippen LogP contribution is -1.96. The van der Waals surface area contributed by atoms with Gasteiger partial charge in [0.1, 0.15) is 22.3 Å². The maximum atomic E-state index is 6.58. The molecular formula is C138H80N6O2S3. The van der Waals surface area contributed by atoms with Gasteiger partial charge >= 0.3 is 0 Å². The first kappa shape index (κ1) is 85.7. The van der Waals surface area contributed by atoms with Crippen molar-refractivity contribution in [2.45, 2.75) is 0 Å². The van der Waals surface area contributed by atoms with E-state index in [0.29, 0.717) is 11.6 Å². The Labute approximate surface area is 865 Å². The summed E-state index contributed by atoms with van der Waals surface area (Å²) in [5.74, 6) is 2.13. The van der Waals surface area contributed by atoms with Crippen LogP contribution < -0.4 is 0 Å². The van der Waals surface area contributed by atoms with E-state index in [0.717, 1.165) is 171 Å². The van der Waals surface area contributed by atoms with E-state index in [-0.39, 0.29) is 0 Å². The fourth-order valence-corrected chi connectivity index (χ4v) is 26.0. The highest BCUT2D eigenvalue weighted by atomic mass is 32.1. The number of hydrogen-bond acceptors (Lipinski definition) is 11. The highest BCUT2D eigenvalue weighted by Crippen LogP contribution is 2.50. The molecule has 0 atom stereocenters. The molecule has 692 valence electrons. The van der Waals surface area contributed by atoms with E-state index in [1.165, 1.54) is 131 Å². The summed E-state index contributed by atoms with van der Waals surface area (Å²) in [5, 5.41) is 29.4. The van der Waals surface area contributed by atoms with E-state index in [4.69, 9.17) is 38.7 Å². The van der Waals surface area contributed by atoms with Gasteiger partial charge < -0.3 is 8.83 Å². The maximum absolute atomic E-state index is 6.58. The average Bonchev–Trinajstić information content (AvgIpc) is 1.59. The fraction of sp³-hybridized carbons (Fsp3) is 0. The number of benzene rings is 24. The molecule has 0 N–H and O–H groups in total. The van der Waals surface area contributed by atoms with Gasteiger partial charge in [0.05, 0.1) is 39.0 Å². The Morgan fingerprint density at radius 1 is 0.154 bits per heavy atom. The van der Waals surface area contributed by atoms with Gasteiger partial charge in [-0.2, -0.15) is 0 Å². The zero-order chi connectivity index (χ0) is 97.8. The monoisotopic (exact) mass is 1950 g/mol. The van der Waals surface area contributed by atoms with Gasteiger partial charge in [0, 0.05) is 132 Å². The van der Waals surface area contributed by atoms with Crippen molar-refractivity contribution in [1.29, 1.82) is 0 Å². The van der Waals surface area contributed by atoms with E-state index < -0.39 is 0 Å². The molecule has 0 aliphatic heterocycles. The molecule has 8 heterocycles. The minimum Gasteiger partial charge on any atom is -0.456 e. The van der Waals surface area contributed by atoms with Crippen LogP contribution in [0.15, 0.2) is 494 Å². The normalized spacial score (nSPS) is 11.9. The van der Waals surface area contributed by atoms with Crippen molar-refractivity contribution >= 4 is 236 Å². The van der Waals surface area contributed by atoms with E-state index in [9.17, 15) is 0 Å². The number of rotatable bonds is 10. The molecule has 32 aromatic rings. The van der Waals surface area contributed by atoms with Crippen LogP contribution in [-0.4, -0.2) is 29.9 Å². The van der Waals surface area contributed by atoms with E-state index in [2.05, 4.69) is 473 Å². The average molecular weight is 1950 g/mol. The van der Waals surface area contributed by atoms with Crippen LogP contribution in [0.3, 0.4) is 0 Å². The van der Waals surface area contributed by atoms with Crippen LogP contribution in [-0.2, 0) is 0 Å². The second-order valence-corrected chi connectivity index (χ2v) is 41.6. The van der Waals surface area contributed by atoms with Crippen molar-refractivity contribution in [2.24, 2.45) is 0 Å². The molecule has 8 aromatic heterocycles. The summed E-state index contributed by atoms with van der Waals surface area (Å²) in [5.41, 5.74) is 24.7. The SMILES string of the molecule is c1cc(-c2ccc3oc4ccccc4c3c2)cc(-c2nc(-c3ccc4ccccc4c3)c3ccc4sc5c6ccccc6ccc5c4c3n2)c1.c1ccc(-c2ccc(-c3cccc(-c4nc(-c5cccc6ccccc56)c5ccc6sc7c8ccccc8ccc7c6c5n4)c3)cc2)cc1.c1ccc2cc(-c3nc(-c4ccc(-c5ccc6sc7ccccc7c6c5)cc4)nc4c3ccc3oc5c6ccccc6ccc5c34)ccc2c1. The smallest absolute Gasteiger partial charge is 0.160 e. The second-order valence-electron chi connectivity index (χ2n) is 38.4. The lowest BCUT2D eigenvalue weighted by atomic mass is 9.97. The minimum absolute atomic E-state index is 0.689. The van der Waals surface area contributed by atoms with Crippen molar-refractivity contribution in [3.63, 3.8) is 0 Å². The zero-order valence-corrected chi connectivity index (χ0v) is 82.4. The predicted molar refractivity (Wildman–Crippen MR) is 631 cm³/mol. The summed E-state index contributed by atoms with van der Waals surface area (Å²) in [7, 11) is 0. The summed E-state index contributed by atoms with van der Waals surface area (Å²) in [6, 6.07) is 173. The molecule has 149 heavy (non-hydrogen) atoms. The molecule has 0 aliphatic carbocycles. The molecule has 11 heteroatoms. The van der Waals surface area contributed by atoms with Crippen LogP contribution in [0.4, 0.5) is 0 Å². The molecule has 0 saturated heterocycles. The Balaban J connectivity index is 0.000000103. The molecule has 0 amide bonds. The first-order chi connectivity index (χ1) is 73.8. The van der Waals surface area contributed by atoms with Crippen molar-refractivity contribution < 1.29 is 8.83 Å². The minimum atomic E-state index is 0.689. The van der Waals surface area contributed by atoms with Gasteiger partial charge in [-0.05, 0) is 207 Å². The highest BCUT2D eigenvalue weighted by molar-refractivity contribution is 7.27. The van der Waals surface area contributed by atoms with Gasteiger partial charge in [0.25, 0.3) is 0 Å². The predicted octanol–water partition coefficient (Wildman–Crippen LogP) is 39.4. The van der Waals surface area contributed by atoms with Gasteiger partial charge in [-0.25, -0.2) is 29.9 Å². The van der Waals surface area contributed by atoms with Crippen molar-refractivity contribution in [2.75, 3.05) is 0 Å². The molecule has 0 radical (unpaired) electrons. The van der Waals surface area contributed by atoms with Crippen LogP contribution in [0.25, 0.3) is 314 Å². The van der Waals surface area contributed by atoms with Crippen molar-refractivity contribution in [3.8, 4) is 112 Å². The fourth-order valence-electron chi connectivity index (χ4n) is 22.5. The first-order valence-corrected chi connectivity index (χ1v) is 52.6. The Kier molecular flexibility index (Phi) is 20.1. The van der Waals surface area contributed by atoms with Gasteiger partial charge in [0.2, 0.25) is 0 Å². The Morgan fingerprint density at radius 2 is 0.517 bits per heavy atom. The van der Waals surface area contributed by atoms with Gasteiger partial charge in [-0.3, -0.25) is 0 Å². The number of aromatic nitrogens is 6. The number of furan rings is 2. The second kappa shape index (κ2) is 35.0. The quantitative estimate of drug-likeness (QED) is 0.133. The number of nitrogens with zero attached hydrogens (tertiary/aromatic N) is 6. The third kappa shape index (κ3) is 14.7. The van der Waals surface area contributed by atoms with Crippen LogP contribution in [0.1, 0.15) is 0 Å². The summed E-state index contributed by atoms with van der Waals surface area (Å²) in [4.78, 5) is 32.2. The van der Waals surface area contributed by atoms with Crippen LogP contribution >= 0.6 is 34.0 Å². The highest BCUT2D eigenvalue weighted by Gasteiger charge is 2.26. The lowest BCUT2D eigenvalue weighted by Gasteiger charge is -2.13. The number of thiophene rings is 3. The molecule has 0 fully saturated rings. The Morgan fingerprint density at radius 3 is 1.13 bits per heavy atom. The lowest BCUT2D eigenvalue weighted by molar-refractivity contribution is 0.669. The number of para-hydroxylation sites is 1. The Bertz CT molecular complexity index is 11200. The number of fused-ring (bicyclic) bond motifs is 30. The molecule has 0 spiro atoms. The molecule has 24 aromatic carbocycles. The van der Waals surface area contributed by atoms with Gasteiger partial charge in [-0.1, -0.05) is 382 Å². The number of hydrogen-bond donors (Lipinski definition) is 0. The van der Waals surface area contributed by atoms with E-state index in [1.807, 2.05) is 46.1 Å². The van der Waals surface area contributed by atoms with Gasteiger partial charge in [0.15, 0.2) is 17.5 Å². The third-order valence-corrected chi connectivity index (χ3v) is 33.4. The molecule has 0 aliphatic rings. The Hall–Kier alpha value is -18.9. The summed E-state index contributed by atoms with van der Waals surface area (Å²) >= 11 is 5.54. The van der Waals surface area contributed by atoms with E-state index >= 15 is 0 Å². The zero-order valence-electron chi connectivity index (χ0n) is 79.9. The molecular weight excluding hydrogens is 1870 g/mol. The van der Waals surface area contributed by atoms with Gasteiger partial charge in [-0.15, -0.1) is 34.0 Å². The molecule has 32 rings (SSSR count). The molecule has 0 saturated carbocycles. The molecule has 8 nitrogen and oxygen atoms in total. The van der Waals surface area contributed by atoms with Crippen LogP contribution in [0.2, 0.25) is 0 Å². The summed E-state index contributed by atoms with van der Waals surface area (Å²) < 4.78 is 20.4. The van der Waals surface area contributed by atoms with E-state index in [1.54, 1.807) is 0 Å².